The van der Waals surface area contributed by atoms with Gasteiger partial charge in [0.15, 0.2) is 13.7 Å². The van der Waals surface area contributed by atoms with Crippen molar-refractivity contribution in [3.63, 3.8) is 0 Å². The molecule has 32 heavy (non-hydrogen) atoms. The summed E-state index contributed by atoms with van der Waals surface area (Å²) in [4.78, 5) is 12.9. The zero-order valence-corrected chi connectivity index (χ0v) is 20.3. The highest BCUT2D eigenvalue weighted by molar-refractivity contribution is 7.96. The van der Waals surface area contributed by atoms with E-state index in [-0.39, 0.29) is 28.7 Å². The number of hydrogen-bond acceptors (Lipinski definition) is 7. The summed E-state index contributed by atoms with van der Waals surface area (Å²) in [5.74, 6) is 0.318. The van der Waals surface area contributed by atoms with Crippen molar-refractivity contribution in [3.05, 3.63) is 48.0 Å². The van der Waals surface area contributed by atoms with E-state index < -0.39 is 22.8 Å². The largest absolute Gasteiger partial charge is 0.492 e. The lowest BCUT2D eigenvalue weighted by molar-refractivity contribution is 0.265. The Morgan fingerprint density at radius 3 is 2.47 bits per heavy atom. The molecule has 0 N–H and O–H groups in total. The Bertz CT molecular complexity index is 1170. The molecule has 0 radical (unpaired) electrons. The third-order valence-electron chi connectivity index (χ3n) is 4.33. The van der Waals surface area contributed by atoms with Gasteiger partial charge in [0.25, 0.3) is 15.7 Å². The lowest BCUT2D eigenvalue weighted by Crippen LogP contribution is -2.36. The summed E-state index contributed by atoms with van der Waals surface area (Å²) in [6.45, 7) is 6.16. The van der Waals surface area contributed by atoms with Crippen LogP contribution in [0, 0.1) is 18.3 Å². The first-order valence-electron chi connectivity index (χ1n) is 10.0. The molecule has 0 aliphatic carbocycles. The number of nitriles is 1. The van der Waals surface area contributed by atoms with E-state index in [1.54, 1.807) is 19.1 Å². The van der Waals surface area contributed by atoms with E-state index in [2.05, 4.69) is 0 Å². The number of benzene rings is 2. The lowest BCUT2D eigenvalue weighted by atomic mass is 10.2. The Hall–Kier alpha value is -2.82. The Balaban J connectivity index is 2.68. The van der Waals surface area contributed by atoms with Gasteiger partial charge in [0.05, 0.1) is 12.3 Å². The molecule has 0 spiro atoms. The molecule has 0 fully saturated rings. The maximum atomic E-state index is 13.7. The summed E-state index contributed by atoms with van der Waals surface area (Å²) < 4.78 is 51.7. The van der Waals surface area contributed by atoms with Crippen LogP contribution in [0.5, 0.6) is 11.5 Å². The average molecular weight is 479 g/mol. The summed E-state index contributed by atoms with van der Waals surface area (Å²) >= 11 is 0. The van der Waals surface area contributed by atoms with Crippen LogP contribution < -0.4 is 13.8 Å². The molecule has 0 unspecified atom stereocenters. The quantitative estimate of drug-likeness (QED) is 0.348. The Morgan fingerprint density at radius 1 is 1.16 bits per heavy atom. The minimum Gasteiger partial charge on any atom is -0.492 e. The Kier molecular flexibility index (Phi) is 8.48. The van der Waals surface area contributed by atoms with Crippen LogP contribution in [0.3, 0.4) is 0 Å². The molecule has 10 heteroatoms. The molecule has 0 saturated heterocycles. The molecule has 0 aliphatic rings. The number of unbranched alkanes of at least 4 members (excludes halogenated alkanes) is 1. The number of ether oxygens (including phenoxy) is 2. The number of anilines is 1. The predicted octanol–water partition coefficient (Wildman–Crippen LogP) is 5.01. The van der Waals surface area contributed by atoms with Crippen molar-refractivity contribution >= 4 is 28.5 Å². The van der Waals surface area contributed by atoms with Crippen LogP contribution in [0.4, 0.5) is 10.5 Å². The molecule has 0 saturated carbocycles. The van der Waals surface area contributed by atoms with E-state index in [1.165, 1.54) is 43.7 Å². The van der Waals surface area contributed by atoms with Gasteiger partial charge in [-0.3, -0.25) is 4.79 Å². The van der Waals surface area contributed by atoms with Crippen molar-refractivity contribution < 1.29 is 27.3 Å². The summed E-state index contributed by atoms with van der Waals surface area (Å²) in [6.07, 6.45) is 1.59. The molecule has 0 heterocycles. The highest BCUT2D eigenvalue weighted by Gasteiger charge is 2.39. The van der Waals surface area contributed by atoms with Crippen LogP contribution in [-0.4, -0.2) is 40.6 Å². The fraction of sp³-hybridized carbons (Fsp3) is 0.364. The van der Waals surface area contributed by atoms with Gasteiger partial charge in [-0.05, 0) is 56.5 Å². The van der Waals surface area contributed by atoms with Gasteiger partial charge in [-0.25, -0.2) is 8.42 Å². The number of hydrogen-bond donors (Lipinski definition) is 0. The van der Waals surface area contributed by atoms with Gasteiger partial charge < -0.3 is 14.0 Å². The summed E-state index contributed by atoms with van der Waals surface area (Å²) in [6, 6.07) is 12.3. The van der Waals surface area contributed by atoms with E-state index in [9.17, 15) is 17.8 Å². The number of carbonyl (C=O) groups excluding carboxylic acids is 1. The number of carbonyl (C=O) groups is 1. The zero-order chi connectivity index (χ0) is 23.9. The van der Waals surface area contributed by atoms with Crippen molar-refractivity contribution in [3.8, 4) is 17.6 Å². The molecule has 0 atom stereocenters. The van der Waals surface area contributed by atoms with Gasteiger partial charge in [-0.1, -0.05) is 25.5 Å². The second kappa shape index (κ2) is 10.7. The molecule has 0 bridgehead atoms. The maximum Gasteiger partial charge on any atom is 0.298 e. The molecule has 2 aromatic rings. The molecular formula is C22H27N2O6PS. The first kappa shape index (κ1) is 25.4. The molecule has 8 nitrogen and oxygen atoms in total. The van der Waals surface area contributed by atoms with Crippen LogP contribution in [0.2, 0.25) is 0 Å². The number of nitrogens with zero attached hydrogens (tertiary/aromatic N) is 2. The summed E-state index contributed by atoms with van der Waals surface area (Å²) in [5.41, 5.74) is -0.481. The first-order chi connectivity index (χ1) is 15.0. The molecule has 172 valence electrons. The minimum atomic E-state index is -4.49. The van der Waals surface area contributed by atoms with Gasteiger partial charge in [-0.2, -0.15) is 9.57 Å². The highest BCUT2D eigenvalue weighted by Crippen LogP contribution is 2.44. The second-order valence-electron chi connectivity index (χ2n) is 7.50. The van der Waals surface area contributed by atoms with Crippen molar-refractivity contribution in [1.29, 1.82) is 5.26 Å². The van der Waals surface area contributed by atoms with Crippen molar-refractivity contribution in [2.45, 2.75) is 31.6 Å². The Labute approximate surface area is 189 Å². The Morgan fingerprint density at radius 2 is 1.84 bits per heavy atom. The normalized spacial score (nSPS) is 11.5. The van der Waals surface area contributed by atoms with E-state index in [4.69, 9.17) is 14.7 Å². The third-order valence-corrected chi connectivity index (χ3v) is 7.34. The zero-order valence-electron chi connectivity index (χ0n) is 18.6. The van der Waals surface area contributed by atoms with Crippen molar-refractivity contribution in [1.82, 2.24) is 0 Å². The fourth-order valence-electron chi connectivity index (χ4n) is 2.82. The lowest BCUT2D eigenvalue weighted by Gasteiger charge is -2.26. The standard InChI is InChI=1S/C22H27N2O6PS/c1-5-6-12-30-20-9-7-8-10-21(20)32(27,28)24(22(25)31(3,4)26)18-14-17(2)15-19(16-18)29-13-11-23/h7-10,14-16H,5-6,12-13H2,1-4H3. The third kappa shape index (κ3) is 6.12. The van der Waals surface area contributed by atoms with E-state index in [0.717, 1.165) is 12.8 Å². The number of amides is 1. The van der Waals surface area contributed by atoms with E-state index in [0.29, 0.717) is 16.5 Å². The van der Waals surface area contributed by atoms with Gasteiger partial charge in [-0.15, -0.1) is 0 Å². The second-order valence-corrected chi connectivity index (χ2v) is 12.3. The van der Waals surface area contributed by atoms with Crippen LogP contribution in [-0.2, 0) is 14.6 Å². The molecule has 2 aromatic carbocycles. The number of sulfonamides is 1. The number of aryl methyl sites for hydroxylation is 1. The highest BCUT2D eigenvalue weighted by atomic mass is 32.2. The minimum absolute atomic E-state index is 0.0322. The van der Waals surface area contributed by atoms with Gasteiger partial charge in [0, 0.05) is 6.07 Å². The van der Waals surface area contributed by atoms with Crippen molar-refractivity contribution in [2.75, 3.05) is 30.8 Å². The van der Waals surface area contributed by atoms with Crippen LogP contribution in [0.25, 0.3) is 0 Å². The van der Waals surface area contributed by atoms with Gasteiger partial charge in [0.2, 0.25) is 0 Å². The van der Waals surface area contributed by atoms with Gasteiger partial charge >= 0.3 is 0 Å². The fourth-order valence-corrected chi connectivity index (χ4v) is 5.70. The monoisotopic (exact) mass is 478 g/mol. The van der Waals surface area contributed by atoms with Gasteiger partial charge in [0.1, 0.15) is 22.5 Å². The number of para-hydroxylation sites is 1. The van der Waals surface area contributed by atoms with Crippen LogP contribution in [0.15, 0.2) is 47.4 Å². The smallest absolute Gasteiger partial charge is 0.298 e. The number of rotatable bonds is 10. The molecule has 1 amide bonds. The van der Waals surface area contributed by atoms with Crippen molar-refractivity contribution in [2.24, 2.45) is 0 Å². The van der Waals surface area contributed by atoms with E-state index in [1.807, 2.05) is 13.0 Å². The average Bonchev–Trinajstić information content (AvgIpc) is 2.71. The molecule has 0 aliphatic heterocycles. The predicted molar refractivity (Wildman–Crippen MR) is 124 cm³/mol. The first-order valence-corrected chi connectivity index (χ1v) is 14.0. The molecular weight excluding hydrogens is 451 g/mol. The molecule has 2 rings (SSSR count). The van der Waals surface area contributed by atoms with Crippen LogP contribution in [0.1, 0.15) is 25.3 Å². The van der Waals surface area contributed by atoms with E-state index >= 15 is 0 Å². The topological polar surface area (TPSA) is 114 Å². The molecule has 0 aromatic heterocycles. The summed E-state index contributed by atoms with van der Waals surface area (Å²) in [7, 11) is -8.01. The maximum absolute atomic E-state index is 13.7. The summed E-state index contributed by atoms with van der Waals surface area (Å²) in [5, 5.41) is 8.78. The SMILES string of the molecule is CCCCOc1ccccc1S(=O)(=O)N(C(=O)P(C)(C)=O)c1cc(C)cc(OCC#N)c1. The van der Waals surface area contributed by atoms with Crippen LogP contribution >= 0.6 is 7.14 Å².